The highest BCUT2D eigenvalue weighted by atomic mass is 32.2. The van der Waals surface area contributed by atoms with E-state index in [-0.39, 0.29) is 21.7 Å². The first-order valence-electron chi connectivity index (χ1n) is 5.79. The van der Waals surface area contributed by atoms with Crippen LogP contribution in [0.5, 0.6) is 0 Å². The number of rotatable bonds is 3. The van der Waals surface area contributed by atoms with E-state index in [1.807, 2.05) is 0 Å². The lowest BCUT2D eigenvalue weighted by atomic mass is 10.1. The van der Waals surface area contributed by atoms with Gasteiger partial charge in [-0.05, 0) is 30.3 Å². The van der Waals surface area contributed by atoms with Gasteiger partial charge in [0.15, 0.2) is 9.84 Å². The normalized spacial score (nSPS) is 11.1. The molecule has 0 bridgehead atoms. The summed E-state index contributed by atoms with van der Waals surface area (Å²) in [7, 11) is -3.94. The smallest absolute Gasteiger partial charge is 0.182 e. The van der Waals surface area contributed by atoms with E-state index in [1.165, 1.54) is 12.1 Å². The van der Waals surface area contributed by atoms with Gasteiger partial charge in [-0.2, -0.15) is 5.26 Å². The van der Waals surface area contributed by atoms with Crippen molar-refractivity contribution in [3.63, 3.8) is 0 Å². The molecule has 0 aliphatic rings. The predicted molar refractivity (Wildman–Crippen MR) is 72.8 cm³/mol. The van der Waals surface area contributed by atoms with Crippen molar-refractivity contribution in [3.8, 4) is 6.07 Å². The van der Waals surface area contributed by atoms with Crippen LogP contribution in [0.25, 0.3) is 0 Å². The lowest BCUT2D eigenvalue weighted by Gasteiger charge is -2.07. The minimum atomic E-state index is -3.94. The van der Waals surface area contributed by atoms with Crippen LogP contribution in [0.3, 0.4) is 0 Å². The molecule has 2 rings (SSSR count). The third kappa shape index (κ3) is 3.35. The van der Waals surface area contributed by atoms with E-state index in [4.69, 9.17) is 11.0 Å². The Morgan fingerprint density at radius 3 is 2.43 bits per heavy atom. The second-order valence-electron chi connectivity index (χ2n) is 4.40. The zero-order valence-corrected chi connectivity index (χ0v) is 11.5. The summed E-state index contributed by atoms with van der Waals surface area (Å²) in [5.41, 5.74) is 5.36. The van der Waals surface area contributed by atoms with Gasteiger partial charge in [0.2, 0.25) is 0 Å². The molecule has 2 aromatic carbocycles. The molecule has 2 N–H and O–H groups in total. The number of anilines is 1. The van der Waals surface area contributed by atoms with Crippen LogP contribution in [-0.4, -0.2) is 8.42 Å². The minimum Gasteiger partial charge on any atom is -0.399 e. The van der Waals surface area contributed by atoms with Crippen LogP contribution in [0.15, 0.2) is 41.3 Å². The number of halogens is 2. The summed E-state index contributed by atoms with van der Waals surface area (Å²) in [5.74, 6) is -2.23. The topological polar surface area (TPSA) is 84.0 Å². The van der Waals surface area contributed by atoms with Crippen molar-refractivity contribution >= 4 is 15.5 Å². The summed E-state index contributed by atoms with van der Waals surface area (Å²) in [6.07, 6.45) is 0. The molecule has 0 radical (unpaired) electrons. The molecule has 0 fully saturated rings. The van der Waals surface area contributed by atoms with Gasteiger partial charge in [-0.15, -0.1) is 0 Å². The van der Waals surface area contributed by atoms with Crippen LogP contribution in [-0.2, 0) is 15.6 Å². The molecule has 0 saturated heterocycles. The first-order valence-corrected chi connectivity index (χ1v) is 7.44. The zero-order valence-electron chi connectivity index (χ0n) is 10.7. The zero-order chi connectivity index (χ0) is 15.6. The van der Waals surface area contributed by atoms with Crippen LogP contribution in [0.2, 0.25) is 0 Å². The quantitative estimate of drug-likeness (QED) is 0.882. The Balaban J connectivity index is 2.40. The summed E-state index contributed by atoms with van der Waals surface area (Å²) >= 11 is 0. The van der Waals surface area contributed by atoms with E-state index in [0.717, 1.165) is 24.3 Å². The molecule has 108 valence electrons. The van der Waals surface area contributed by atoms with Gasteiger partial charge in [0, 0.05) is 11.3 Å². The molecule has 0 heterocycles. The second kappa shape index (κ2) is 5.50. The predicted octanol–water partition coefficient (Wildman–Crippen LogP) is 2.39. The number of nitrogens with zero attached hydrogens (tertiary/aromatic N) is 1. The molecule has 2 aromatic rings. The number of nitriles is 1. The fourth-order valence-electron chi connectivity index (χ4n) is 1.79. The highest BCUT2D eigenvalue weighted by Gasteiger charge is 2.19. The maximum Gasteiger partial charge on any atom is 0.182 e. The Morgan fingerprint density at radius 2 is 1.86 bits per heavy atom. The Labute approximate surface area is 120 Å². The standard InChI is InChI=1S/C14H10F2N2O2S/c15-11-4-12(18)6-13(5-11)21(19,20)8-10-2-1-9(7-17)3-14(10)16/h1-6H,8,18H2. The van der Waals surface area contributed by atoms with Gasteiger partial charge in [0.1, 0.15) is 11.6 Å². The Kier molecular flexibility index (Phi) is 3.91. The van der Waals surface area contributed by atoms with Crippen molar-refractivity contribution in [1.82, 2.24) is 0 Å². The maximum absolute atomic E-state index is 13.7. The van der Waals surface area contributed by atoms with Gasteiger partial charge in [0.25, 0.3) is 0 Å². The van der Waals surface area contributed by atoms with Crippen LogP contribution < -0.4 is 5.73 Å². The SMILES string of the molecule is N#Cc1ccc(CS(=O)(=O)c2cc(N)cc(F)c2)c(F)c1. The molecule has 21 heavy (non-hydrogen) atoms. The number of sulfone groups is 1. The summed E-state index contributed by atoms with van der Waals surface area (Å²) in [6, 6.07) is 8.15. The average molecular weight is 308 g/mol. The van der Waals surface area contributed by atoms with Crippen LogP contribution >= 0.6 is 0 Å². The molecule has 7 heteroatoms. The molecule has 0 aliphatic carbocycles. The lowest BCUT2D eigenvalue weighted by molar-refractivity contribution is 0.583. The van der Waals surface area contributed by atoms with Crippen LogP contribution in [0.1, 0.15) is 11.1 Å². The van der Waals surface area contributed by atoms with E-state index < -0.39 is 27.2 Å². The summed E-state index contributed by atoms with van der Waals surface area (Å²) in [5, 5.41) is 8.63. The number of hydrogen-bond acceptors (Lipinski definition) is 4. The van der Waals surface area contributed by atoms with Crippen molar-refractivity contribution in [3.05, 3.63) is 59.2 Å². The van der Waals surface area contributed by atoms with E-state index in [0.29, 0.717) is 0 Å². The molecule has 0 aliphatic heterocycles. The van der Waals surface area contributed by atoms with Crippen molar-refractivity contribution in [2.75, 3.05) is 5.73 Å². The molecule has 0 unspecified atom stereocenters. The molecule has 0 aromatic heterocycles. The fourth-order valence-corrected chi connectivity index (χ4v) is 3.20. The van der Waals surface area contributed by atoms with Crippen molar-refractivity contribution in [2.45, 2.75) is 10.6 Å². The summed E-state index contributed by atoms with van der Waals surface area (Å²) in [6.45, 7) is 0. The van der Waals surface area contributed by atoms with Crippen LogP contribution in [0, 0.1) is 23.0 Å². The molecule has 0 atom stereocenters. The number of nitrogen functional groups attached to an aromatic ring is 1. The van der Waals surface area contributed by atoms with E-state index in [2.05, 4.69) is 0 Å². The van der Waals surface area contributed by atoms with Gasteiger partial charge in [-0.25, -0.2) is 17.2 Å². The molecule has 0 amide bonds. The Hall–Kier alpha value is -2.46. The highest BCUT2D eigenvalue weighted by Crippen LogP contribution is 2.22. The largest absolute Gasteiger partial charge is 0.399 e. The molecule has 0 saturated carbocycles. The van der Waals surface area contributed by atoms with Gasteiger partial charge in [-0.3, -0.25) is 0 Å². The van der Waals surface area contributed by atoms with E-state index in [1.54, 1.807) is 6.07 Å². The Morgan fingerprint density at radius 1 is 1.14 bits per heavy atom. The fraction of sp³-hybridized carbons (Fsp3) is 0.0714. The third-order valence-corrected chi connectivity index (χ3v) is 4.43. The Bertz CT molecular complexity index is 822. The summed E-state index contributed by atoms with van der Waals surface area (Å²) < 4.78 is 51.3. The highest BCUT2D eigenvalue weighted by molar-refractivity contribution is 7.90. The molecular weight excluding hydrogens is 298 g/mol. The number of hydrogen-bond donors (Lipinski definition) is 1. The maximum atomic E-state index is 13.7. The van der Waals surface area contributed by atoms with Crippen molar-refractivity contribution < 1.29 is 17.2 Å². The van der Waals surface area contributed by atoms with E-state index in [9.17, 15) is 17.2 Å². The average Bonchev–Trinajstić information content (AvgIpc) is 2.40. The van der Waals surface area contributed by atoms with E-state index >= 15 is 0 Å². The summed E-state index contributed by atoms with van der Waals surface area (Å²) in [4.78, 5) is -0.316. The number of benzene rings is 2. The van der Waals surface area contributed by atoms with Gasteiger partial charge in [-0.1, -0.05) is 6.07 Å². The van der Waals surface area contributed by atoms with Gasteiger partial charge < -0.3 is 5.73 Å². The third-order valence-electron chi connectivity index (χ3n) is 2.78. The first kappa shape index (κ1) is 14.9. The first-order chi connectivity index (χ1) is 9.81. The monoisotopic (exact) mass is 308 g/mol. The van der Waals surface area contributed by atoms with Crippen LogP contribution in [0.4, 0.5) is 14.5 Å². The lowest BCUT2D eigenvalue weighted by Crippen LogP contribution is -2.08. The second-order valence-corrected chi connectivity index (χ2v) is 6.39. The molecule has 0 spiro atoms. The molecule has 4 nitrogen and oxygen atoms in total. The minimum absolute atomic E-state index is 0.0334. The van der Waals surface area contributed by atoms with Crippen molar-refractivity contribution in [1.29, 1.82) is 5.26 Å². The molecular formula is C14H10F2N2O2S. The van der Waals surface area contributed by atoms with Gasteiger partial charge >= 0.3 is 0 Å². The number of nitrogens with two attached hydrogens (primary N) is 1. The van der Waals surface area contributed by atoms with Gasteiger partial charge in [0.05, 0.1) is 22.3 Å². The van der Waals surface area contributed by atoms with Crippen molar-refractivity contribution in [2.24, 2.45) is 0 Å².